The van der Waals surface area contributed by atoms with Gasteiger partial charge < -0.3 is 10.0 Å². The molecule has 0 aliphatic heterocycles. The second-order valence-corrected chi connectivity index (χ2v) is 5.17. The maximum Gasteiger partial charge on any atom is 0.335 e. The van der Waals surface area contributed by atoms with Crippen LogP contribution in [0, 0.1) is 0 Å². The number of aromatic carboxylic acids is 1. The van der Waals surface area contributed by atoms with Crippen molar-refractivity contribution >= 4 is 11.8 Å². The average Bonchev–Trinajstić information content (AvgIpc) is 2.46. The van der Waals surface area contributed by atoms with E-state index in [1.54, 1.807) is 12.1 Å². The molecule has 1 aromatic rings. The number of carboxylic acids is 1. The van der Waals surface area contributed by atoms with Crippen LogP contribution in [0.1, 0.15) is 63.0 Å². The van der Waals surface area contributed by atoms with Crippen LogP contribution in [0.5, 0.6) is 0 Å². The minimum absolute atomic E-state index is 0.330. The highest BCUT2D eigenvalue weighted by Crippen LogP contribution is 2.20. The van der Waals surface area contributed by atoms with Crippen molar-refractivity contribution in [3.63, 3.8) is 0 Å². The van der Waals surface area contributed by atoms with Gasteiger partial charge >= 0.3 is 5.97 Å². The summed E-state index contributed by atoms with van der Waals surface area (Å²) in [5.74, 6) is -0.0903. The summed E-state index contributed by atoms with van der Waals surface area (Å²) in [4.78, 5) is 18.1. The maximum atomic E-state index is 11.3. The van der Waals surface area contributed by atoms with Gasteiger partial charge in [0, 0.05) is 18.3 Å². The van der Waals surface area contributed by atoms with Gasteiger partial charge in [-0.1, -0.05) is 27.2 Å². The summed E-state index contributed by atoms with van der Waals surface area (Å²) in [5, 5.41) is 9.24. The molecule has 0 aliphatic rings. The van der Waals surface area contributed by atoms with Gasteiger partial charge in [-0.2, -0.15) is 0 Å². The van der Waals surface area contributed by atoms with Crippen LogP contribution in [0.25, 0.3) is 0 Å². The molecule has 0 amide bonds. The Morgan fingerprint density at radius 1 is 1.35 bits per heavy atom. The third-order valence-electron chi connectivity index (χ3n) is 3.64. The predicted octanol–water partition coefficient (Wildman–Crippen LogP) is 3.75. The van der Waals surface area contributed by atoms with E-state index in [1.807, 2.05) is 6.92 Å². The lowest BCUT2D eigenvalue weighted by atomic mass is 10.1. The quantitative estimate of drug-likeness (QED) is 0.787. The lowest BCUT2D eigenvalue weighted by molar-refractivity contribution is 0.0696. The second kappa shape index (κ2) is 7.88. The van der Waals surface area contributed by atoms with E-state index in [9.17, 15) is 9.90 Å². The van der Waals surface area contributed by atoms with Crippen LogP contribution in [0.4, 0.5) is 5.82 Å². The normalized spacial score (nSPS) is 12.2. The maximum absolute atomic E-state index is 11.3. The molecule has 20 heavy (non-hydrogen) atoms. The smallest absolute Gasteiger partial charge is 0.335 e. The molecule has 112 valence electrons. The molecular formula is C16H26N2O2. The molecule has 4 nitrogen and oxygen atoms in total. The van der Waals surface area contributed by atoms with Crippen LogP contribution in [0.3, 0.4) is 0 Å². The van der Waals surface area contributed by atoms with E-state index in [4.69, 9.17) is 0 Å². The fourth-order valence-electron chi connectivity index (χ4n) is 2.13. The van der Waals surface area contributed by atoms with Gasteiger partial charge in [0.05, 0.1) is 5.56 Å². The largest absolute Gasteiger partial charge is 0.478 e. The van der Waals surface area contributed by atoms with Crippen molar-refractivity contribution < 1.29 is 9.90 Å². The van der Waals surface area contributed by atoms with Crippen molar-refractivity contribution in [3.05, 3.63) is 23.4 Å². The topological polar surface area (TPSA) is 53.4 Å². The second-order valence-electron chi connectivity index (χ2n) is 5.17. The first-order chi connectivity index (χ1) is 9.53. The van der Waals surface area contributed by atoms with Crippen molar-refractivity contribution in [3.8, 4) is 0 Å². The van der Waals surface area contributed by atoms with Crippen molar-refractivity contribution in [1.29, 1.82) is 0 Å². The molecule has 0 aliphatic carbocycles. The van der Waals surface area contributed by atoms with E-state index in [1.165, 1.54) is 0 Å². The Balaban J connectivity index is 3.16. The average molecular weight is 278 g/mol. The molecule has 1 N–H and O–H groups in total. The summed E-state index contributed by atoms with van der Waals surface area (Å²) in [5.41, 5.74) is 1.17. The third kappa shape index (κ3) is 4.22. The molecule has 0 bridgehead atoms. The Hall–Kier alpha value is -1.58. The van der Waals surface area contributed by atoms with Crippen molar-refractivity contribution in [2.75, 3.05) is 11.4 Å². The zero-order valence-electron chi connectivity index (χ0n) is 13.0. The molecule has 0 saturated heterocycles. The van der Waals surface area contributed by atoms with E-state index in [0.29, 0.717) is 11.6 Å². The number of carbonyl (C=O) groups is 1. The minimum Gasteiger partial charge on any atom is -0.478 e. The SMILES string of the molecule is CCCCN(c1cc(C(=O)O)cc(CC)n1)C(C)CC. The highest BCUT2D eigenvalue weighted by Gasteiger charge is 2.17. The predicted molar refractivity (Wildman–Crippen MR) is 82.6 cm³/mol. The summed E-state index contributed by atoms with van der Waals surface area (Å²) in [6.07, 6.45) is 3.97. The number of pyridine rings is 1. The zero-order valence-corrected chi connectivity index (χ0v) is 13.0. The number of aryl methyl sites for hydroxylation is 1. The number of hydrogen-bond donors (Lipinski definition) is 1. The Labute approximate surface area is 121 Å². The molecule has 1 heterocycles. The summed E-state index contributed by atoms with van der Waals surface area (Å²) >= 11 is 0. The molecule has 0 aromatic carbocycles. The summed E-state index contributed by atoms with van der Waals surface area (Å²) in [7, 11) is 0. The number of rotatable bonds is 8. The van der Waals surface area contributed by atoms with Crippen LogP contribution in [-0.2, 0) is 6.42 Å². The van der Waals surface area contributed by atoms with E-state index in [0.717, 1.165) is 43.7 Å². The highest BCUT2D eigenvalue weighted by atomic mass is 16.4. The summed E-state index contributed by atoms with van der Waals surface area (Å²) in [6.45, 7) is 9.39. The molecule has 1 atom stereocenters. The van der Waals surface area contributed by atoms with Crippen LogP contribution in [-0.4, -0.2) is 28.6 Å². The first-order valence-electron chi connectivity index (χ1n) is 7.54. The fourth-order valence-corrected chi connectivity index (χ4v) is 2.13. The summed E-state index contributed by atoms with van der Waals surface area (Å²) < 4.78 is 0. The number of hydrogen-bond acceptors (Lipinski definition) is 3. The monoisotopic (exact) mass is 278 g/mol. The van der Waals surface area contributed by atoms with E-state index < -0.39 is 5.97 Å². The molecule has 0 radical (unpaired) electrons. The van der Waals surface area contributed by atoms with Crippen molar-refractivity contribution in [1.82, 2.24) is 4.98 Å². The Morgan fingerprint density at radius 2 is 2.05 bits per heavy atom. The first-order valence-corrected chi connectivity index (χ1v) is 7.54. The van der Waals surface area contributed by atoms with Crippen LogP contribution in [0.15, 0.2) is 12.1 Å². The molecule has 0 spiro atoms. The third-order valence-corrected chi connectivity index (χ3v) is 3.64. The lowest BCUT2D eigenvalue weighted by Gasteiger charge is -2.30. The molecule has 0 saturated carbocycles. The Bertz CT molecular complexity index is 446. The van der Waals surface area contributed by atoms with Gasteiger partial charge in [0.15, 0.2) is 0 Å². The van der Waals surface area contributed by atoms with E-state index >= 15 is 0 Å². The molecule has 0 fully saturated rings. The highest BCUT2D eigenvalue weighted by molar-refractivity contribution is 5.88. The van der Waals surface area contributed by atoms with Gasteiger partial charge in [-0.25, -0.2) is 9.78 Å². The van der Waals surface area contributed by atoms with Crippen molar-refractivity contribution in [2.45, 2.75) is 59.4 Å². The molecule has 1 unspecified atom stereocenters. The zero-order chi connectivity index (χ0) is 15.1. The standard InChI is InChI=1S/C16H26N2O2/c1-5-8-9-18(12(4)6-2)15-11-13(16(19)20)10-14(7-3)17-15/h10-12H,5-9H2,1-4H3,(H,19,20). The van der Waals surface area contributed by atoms with Gasteiger partial charge in [-0.15, -0.1) is 0 Å². The van der Waals surface area contributed by atoms with E-state index in [2.05, 4.69) is 30.7 Å². The number of unbranched alkanes of at least 4 members (excludes halogenated alkanes) is 1. The number of carboxylic acid groups (broad SMARTS) is 1. The van der Waals surface area contributed by atoms with Gasteiger partial charge in [0.2, 0.25) is 0 Å². The van der Waals surface area contributed by atoms with Gasteiger partial charge in [0.25, 0.3) is 0 Å². The Kier molecular flexibility index (Phi) is 6.49. The fraction of sp³-hybridized carbons (Fsp3) is 0.625. The van der Waals surface area contributed by atoms with Gasteiger partial charge in [-0.3, -0.25) is 0 Å². The molecule has 1 rings (SSSR count). The summed E-state index contributed by atoms with van der Waals surface area (Å²) in [6, 6.07) is 3.73. The lowest BCUT2D eigenvalue weighted by Crippen LogP contribution is -2.34. The number of anilines is 1. The number of nitrogens with zero attached hydrogens (tertiary/aromatic N) is 2. The van der Waals surface area contributed by atoms with Gasteiger partial charge in [-0.05, 0) is 38.3 Å². The van der Waals surface area contributed by atoms with E-state index in [-0.39, 0.29) is 0 Å². The first kappa shape index (κ1) is 16.5. The molecule has 4 heteroatoms. The van der Waals surface area contributed by atoms with Crippen LogP contribution in [0.2, 0.25) is 0 Å². The van der Waals surface area contributed by atoms with Crippen molar-refractivity contribution in [2.24, 2.45) is 0 Å². The number of aromatic nitrogens is 1. The molecule has 1 aromatic heterocycles. The van der Waals surface area contributed by atoms with Gasteiger partial charge in [0.1, 0.15) is 5.82 Å². The van der Waals surface area contributed by atoms with Crippen LogP contribution < -0.4 is 4.90 Å². The van der Waals surface area contributed by atoms with Crippen LogP contribution >= 0.6 is 0 Å². The minimum atomic E-state index is -0.886. The molecular weight excluding hydrogens is 252 g/mol. The Morgan fingerprint density at radius 3 is 2.55 bits per heavy atom.